The van der Waals surface area contributed by atoms with Crippen molar-refractivity contribution in [2.75, 3.05) is 13.2 Å². The van der Waals surface area contributed by atoms with Crippen LogP contribution in [0.5, 0.6) is 0 Å². The summed E-state index contributed by atoms with van der Waals surface area (Å²) in [7, 11) is 0. The number of halogens is 8. The van der Waals surface area contributed by atoms with E-state index in [2.05, 4.69) is 45.8 Å². The number of esters is 2. The maximum Gasteiger partial charge on any atom is 0.414 e. The lowest BCUT2D eigenvalue weighted by Crippen LogP contribution is -2.49. The summed E-state index contributed by atoms with van der Waals surface area (Å²) < 4.78 is 112. The van der Waals surface area contributed by atoms with Gasteiger partial charge in [0.05, 0.1) is 57.2 Å². The van der Waals surface area contributed by atoms with Crippen LogP contribution in [0.2, 0.25) is 10.0 Å². The number of rotatable bonds is 22. The molecule has 0 bridgehead atoms. The Kier molecular flexibility index (Phi) is 20.6. The molecule has 5 aromatic carbocycles. The Morgan fingerprint density at radius 3 is 1.42 bits per heavy atom. The normalized spacial score (nSPS) is 18.8. The summed E-state index contributed by atoms with van der Waals surface area (Å²) in [5, 5.41) is 19.3. The van der Waals surface area contributed by atoms with E-state index < -0.39 is 113 Å². The first kappa shape index (κ1) is 74.8. The summed E-state index contributed by atoms with van der Waals surface area (Å²) in [4.78, 5) is 98.2. The summed E-state index contributed by atoms with van der Waals surface area (Å²) in [6, 6.07) is 29.8. The minimum absolute atomic E-state index is 0.112. The first-order chi connectivity index (χ1) is 50.2. The number of hydrogen-bond acceptors (Lipinski definition) is 21. The van der Waals surface area contributed by atoms with E-state index in [9.17, 15) is 45.5 Å². The Morgan fingerprint density at radius 1 is 0.585 bits per heavy atom. The van der Waals surface area contributed by atoms with E-state index in [0.29, 0.717) is 67.0 Å². The number of benzene rings is 5. The number of alkyl halides is 6. The number of nitrogens with zero attached hydrogens (tertiary/aromatic N) is 14. The van der Waals surface area contributed by atoms with Gasteiger partial charge in [0.25, 0.3) is 11.8 Å². The largest absolute Gasteiger partial charge is 0.463 e. The summed E-state index contributed by atoms with van der Waals surface area (Å²) in [6.07, 6.45) is -4.34. The number of nitrogens with two attached hydrogens (primary N) is 1. The number of aromatic nitrogens is 10. The maximum absolute atomic E-state index is 15.4. The molecular weight excluding hydrogens is 1430 g/mol. The number of amides is 3. The van der Waals surface area contributed by atoms with Crippen LogP contribution in [-0.4, -0.2) is 127 Å². The van der Waals surface area contributed by atoms with Gasteiger partial charge in [-0.15, -0.1) is 0 Å². The number of nitrogens with one attached hydrogen (secondary N) is 1. The molecule has 34 heteroatoms. The molecule has 4 atom stereocenters. The van der Waals surface area contributed by atoms with Crippen molar-refractivity contribution in [1.29, 1.82) is 0 Å². The number of hydrogen-bond donors (Lipinski definition) is 2. The SMILES string of the molecule is CC(C)(C)C[C@]1(c2ccc(-c3ncon3)cc2)N=C(N)N([C@H](COC(=O)CC2(C(F)(F)F)CC2)c2ccc(Cl)c(-n3cncn3)c2)C1=O.CC(C)(C)C[C@]1(c2ccc(-c3ncon3)cc2)N=C(NC(=O)OCc2ccccc2)N([C@H](COC(=O)CC2(C(F)(F)F)CC2)c2ccc(Cl)c(-n3cncn3)c2)C1=O. The van der Waals surface area contributed by atoms with Crippen LogP contribution in [0.3, 0.4) is 0 Å². The Hall–Kier alpha value is -10.9. The number of carbonyl (C=O) groups is 5. The van der Waals surface area contributed by atoms with E-state index in [-0.39, 0.29) is 62.1 Å². The molecule has 4 aliphatic rings. The van der Waals surface area contributed by atoms with Gasteiger partial charge in [0, 0.05) is 11.1 Å². The lowest BCUT2D eigenvalue weighted by molar-refractivity contribution is -0.195. The van der Waals surface area contributed by atoms with Gasteiger partial charge in [-0.2, -0.15) is 46.5 Å². The Bertz CT molecular complexity index is 4720. The molecule has 2 fully saturated rings. The van der Waals surface area contributed by atoms with Crippen LogP contribution in [0, 0.1) is 21.7 Å². The molecule has 0 saturated heterocycles. The molecule has 2 saturated carbocycles. The molecule has 26 nitrogen and oxygen atoms in total. The molecule has 0 unspecified atom stereocenters. The molecular formula is C72H70Cl2F6N16O10. The highest BCUT2D eigenvalue weighted by atomic mass is 35.5. The van der Waals surface area contributed by atoms with E-state index in [4.69, 9.17) is 62.2 Å². The smallest absolute Gasteiger partial charge is 0.414 e. The highest BCUT2D eigenvalue weighted by molar-refractivity contribution is 6.32. The molecule has 13 rings (SSSR count). The zero-order valence-electron chi connectivity index (χ0n) is 57.8. The minimum atomic E-state index is -4.60. The van der Waals surface area contributed by atoms with Crippen molar-refractivity contribution < 1.29 is 73.6 Å². The van der Waals surface area contributed by atoms with Crippen molar-refractivity contribution in [3.63, 3.8) is 0 Å². The Labute approximate surface area is 611 Å². The topological polar surface area (TPSA) is 322 Å². The monoisotopic (exact) mass is 1500 g/mol. The van der Waals surface area contributed by atoms with E-state index in [1.165, 1.54) is 63.3 Å². The Balaban J connectivity index is 0.000000202. The van der Waals surface area contributed by atoms with Gasteiger partial charge in [0.2, 0.25) is 30.4 Å². The highest BCUT2D eigenvalue weighted by Crippen LogP contribution is 2.61. The summed E-state index contributed by atoms with van der Waals surface area (Å²) in [5.41, 5.74) is 2.52. The van der Waals surface area contributed by atoms with Crippen molar-refractivity contribution in [3.8, 4) is 34.2 Å². The van der Waals surface area contributed by atoms with E-state index in [0.717, 1.165) is 0 Å². The summed E-state index contributed by atoms with van der Waals surface area (Å²) >= 11 is 13.1. The van der Waals surface area contributed by atoms with Crippen molar-refractivity contribution in [2.45, 2.75) is 135 Å². The second kappa shape index (κ2) is 29.2. The highest BCUT2D eigenvalue weighted by Gasteiger charge is 2.65. The zero-order chi connectivity index (χ0) is 75.8. The second-order valence-electron chi connectivity index (χ2n) is 28.7. The van der Waals surface area contributed by atoms with Crippen LogP contribution in [0.15, 0.2) is 172 Å². The fourth-order valence-corrected chi connectivity index (χ4v) is 13.4. The molecule has 3 N–H and O–H groups in total. The molecule has 0 spiro atoms. The van der Waals surface area contributed by atoms with Crippen molar-refractivity contribution >= 4 is 65.0 Å². The third kappa shape index (κ3) is 16.0. The van der Waals surface area contributed by atoms with Crippen molar-refractivity contribution in [2.24, 2.45) is 37.4 Å². The van der Waals surface area contributed by atoms with Gasteiger partial charge in [-0.3, -0.25) is 34.3 Å². The number of aliphatic imine (C=N–C) groups is 2. The van der Waals surface area contributed by atoms with Gasteiger partial charge in [0.15, 0.2) is 17.0 Å². The van der Waals surface area contributed by atoms with Crippen LogP contribution in [0.1, 0.15) is 133 Å². The van der Waals surface area contributed by atoms with Gasteiger partial charge in [-0.1, -0.05) is 166 Å². The van der Waals surface area contributed by atoms with Crippen LogP contribution in [-0.2, 0) is 51.1 Å². The molecule has 2 aliphatic carbocycles. The van der Waals surface area contributed by atoms with Crippen LogP contribution in [0.4, 0.5) is 31.1 Å². The predicted octanol–water partition coefficient (Wildman–Crippen LogP) is 13.5. The molecule has 106 heavy (non-hydrogen) atoms. The molecule has 2 aliphatic heterocycles. The molecule has 4 aromatic heterocycles. The molecule has 0 radical (unpaired) electrons. The average molecular weight is 1500 g/mol. The standard InChI is InChI=1S/C40H38ClF3N8O6.C32H32ClF3N8O4/c1-37(2,3)21-39(28-12-9-26(10-13-28)33-46-24-58-50-33)34(54)52(35(49-39)48-36(55)57-19-25-7-5-4-6-8-25)31(20-56-32(53)18-38(15-16-38)40(42,43)44)27-11-14-29(41)30(17-27)51-23-45-22-47-51;1-29(2,3)15-31(21-7-4-19(5-8-21)26-39-18-48-42-26)27(46)44(28(37)41-31)24(14-47-25(45)13-30(10-11-30)32(34,35)36)20-6-9-22(33)23(12-20)43-17-38-16-40-43/h4-14,17,22-24,31H,15-16,18-21H2,1-3H3,(H,48,49,55);4-9,12,16-18,24H,10-11,13-15H2,1-3H3,(H2,37,41)/t31-,39-;24-,31-/m11/s1. The first-order valence-electron chi connectivity index (χ1n) is 33.3. The van der Waals surface area contributed by atoms with Crippen molar-refractivity contribution in [3.05, 3.63) is 191 Å². The number of guanidine groups is 2. The number of alkyl carbamates (subject to hydrolysis) is 1. The number of ether oxygens (including phenoxy) is 3. The molecule has 3 amide bonds. The quantitative estimate of drug-likeness (QED) is 0.0362. The van der Waals surface area contributed by atoms with Crippen LogP contribution >= 0.6 is 23.2 Å². The van der Waals surface area contributed by atoms with Crippen LogP contribution < -0.4 is 11.1 Å². The van der Waals surface area contributed by atoms with E-state index >= 15 is 4.79 Å². The van der Waals surface area contributed by atoms with Crippen LogP contribution in [0.25, 0.3) is 34.2 Å². The van der Waals surface area contributed by atoms with E-state index in [1.54, 1.807) is 103 Å². The molecule has 6 heterocycles. The fourth-order valence-electron chi connectivity index (χ4n) is 13.0. The summed E-state index contributed by atoms with van der Waals surface area (Å²) in [6.45, 7) is 10.4. The third-order valence-corrected chi connectivity index (χ3v) is 19.2. The van der Waals surface area contributed by atoms with Crippen molar-refractivity contribution in [1.82, 2.24) is 64.9 Å². The van der Waals surface area contributed by atoms with Gasteiger partial charge in [0.1, 0.15) is 45.1 Å². The minimum Gasteiger partial charge on any atom is -0.463 e. The third-order valence-electron chi connectivity index (χ3n) is 18.5. The maximum atomic E-state index is 15.4. The number of carbonyl (C=O) groups excluding carboxylic acids is 5. The van der Waals surface area contributed by atoms with Gasteiger partial charge < -0.3 is 29.0 Å². The van der Waals surface area contributed by atoms with Gasteiger partial charge in [-0.05, 0) is 101 Å². The lowest BCUT2D eigenvalue weighted by atomic mass is 9.75. The Morgan fingerprint density at radius 2 is 1.02 bits per heavy atom. The molecule has 554 valence electrons. The molecule has 9 aromatic rings. The zero-order valence-corrected chi connectivity index (χ0v) is 59.3. The second-order valence-corrected chi connectivity index (χ2v) is 29.5. The fraction of sp³-hybridized carbons (Fsp3) is 0.375. The first-order valence-corrected chi connectivity index (χ1v) is 34.0. The average Bonchev–Trinajstić information content (AvgIpc) is 1.58. The summed E-state index contributed by atoms with van der Waals surface area (Å²) in [5.74, 6) is -3.01. The van der Waals surface area contributed by atoms with Gasteiger partial charge >= 0.3 is 30.4 Å². The predicted molar refractivity (Wildman–Crippen MR) is 368 cm³/mol. The lowest BCUT2D eigenvalue weighted by Gasteiger charge is -2.35. The van der Waals surface area contributed by atoms with E-state index in [1.807, 2.05) is 47.6 Å². The van der Waals surface area contributed by atoms with Gasteiger partial charge in [-0.25, -0.2) is 34.1 Å².